The number of hydrogen-bond acceptors (Lipinski definition) is 4. The monoisotopic (exact) mass is 281 g/mol. The van der Waals surface area contributed by atoms with Crippen molar-refractivity contribution in [2.75, 3.05) is 33.4 Å². The summed E-state index contributed by atoms with van der Waals surface area (Å²) in [5.41, 5.74) is 1.24. The van der Waals surface area contributed by atoms with Crippen LogP contribution in [0.4, 0.5) is 0 Å². The molecule has 114 valence electrons. The normalized spacial score (nSPS) is 13.1. The minimum atomic E-state index is -0.470. The molecule has 0 spiro atoms. The SMILES string of the molecule is CC(C)OCCOC[C@H](O)CN(C)Cc1ccccc1. The lowest BCUT2D eigenvalue weighted by Crippen LogP contribution is -2.32. The fourth-order valence-corrected chi connectivity index (χ4v) is 1.93. The number of hydrogen-bond donors (Lipinski definition) is 1. The van der Waals surface area contributed by atoms with Crippen LogP contribution < -0.4 is 0 Å². The minimum absolute atomic E-state index is 0.223. The molecule has 0 aliphatic rings. The zero-order valence-electron chi connectivity index (χ0n) is 12.8. The van der Waals surface area contributed by atoms with Gasteiger partial charge in [-0.1, -0.05) is 30.3 Å². The molecule has 1 atom stereocenters. The predicted octanol–water partition coefficient (Wildman–Crippen LogP) is 1.92. The maximum Gasteiger partial charge on any atom is 0.0900 e. The van der Waals surface area contributed by atoms with Crippen LogP contribution >= 0.6 is 0 Å². The molecule has 0 aliphatic heterocycles. The first-order chi connectivity index (χ1) is 9.58. The summed E-state index contributed by atoms with van der Waals surface area (Å²) in [6.07, 6.45) is -0.247. The second-order valence-corrected chi connectivity index (χ2v) is 5.33. The molecular formula is C16H27NO3. The van der Waals surface area contributed by atoms with Crippen LogP contribution in [0.1, 0.15) is 19.4 Å². The van der Waals surface area contributed by atoms with Gasteiger partial charge in [0.2, 0.25) is 0 Å². The fourth-order valence-electron chi connectivity index (χ4n) is 1.93. The molecule has 1 aromatic carbocycles. The fraction of sp³-hybridized carbons (Fsp3) is 0.625. The number of benzene rings is 1. The van der Waals surface area contributed by atoms with Crippen LogP contribution in [-0.2, 0) is 16.0 Å². The van der Waals surface area contributed by atoms with Gasteiger partial charge in [-0.2, -0.15) is 0 Å². The molecule has 0 aromatic heterocycles. The van der Waals surface area contributed by atoms with Crippen LogP contribution in [0, 0.1) is 0 Å². The van der Waals surface area contributed by atoms with Crippen molar-refractivity contribution in [2.45, 2.75) is 32.6 Å². The Kier molecular flexibility index (Phi) is 8.46. The first-order valence-corrected chi connectivity index (χ1v) is 7.18. The van der Waals surface area contributed by atoms with Crippen molar-refractivity contribution in [1.82, 2.24) is 4.90 Å². The highest BCUT2D eigenvalue weighted by molar-refractivity contribution is 5.14. The van der Waals surface area contributed by atoms with Crippen LogP contribution in [0.3, 0.4) is 0 Å². The van der Waals surface area contributed by atoms with E-state index in [4.69, 9.17) is 9.47 Å². The van der Waals surface area contributed by atoms with Crippen LogP contribution in [0.5, 0.6) is 0 Å². The lowest BCUT2D eigenvalue weighted by atomic mass is 10.2. The first kappa shape index (κ1) is 17.1. The largest absolute Gasteiger partial charge is 0.389 e. The van der Waals surface area contributed by atoms with Crippen molar-refractivity contribution in [3.05, 3.63) is 35.9 Å². The van der Waals surface area contributed by atoms with Gasteiger partial charge in [0.25, 0.3) is 0 Å². The van der Waals surface area contributed by atoms with Gasteiger partial charge in [0.05, 0.1) is 32.0 Å². The summed E-state index contributed by atoms with van der Waals surface area (Å²) in [6, 6.07) is 10.2. The van der Waals surface area contributed by atoms with Crippen LogP contribution in [0.15, 0.2) is 30.3 Å². The third-order valence-corrected chi connectivity index (χ3v) is 2.81. The molecule has 0 unspecified atom stereocenters. The Hall–Kier alpha value is -0.940. The molecule has 0 aliphatic carbocycles. The maximum absolute atomic E-state index is 9.90. The molecule has 1 rings (SSSR count). The van der Waals surface area contributed by atoms with E-state index in [1.807, 2.05) is 39.1 Å². The number of nitrogens with zero attached hydrogens (tertiary/aromatic N) is 1. The number of ether oxygens (including phenoxy) is 2. The summed E-state index contributed by atoms with van der Waals surface area (Å²) in [7, 11) is 2.00. The number of aliphatic hydroxyl groups excluding tert-OH is 1. The second kappa shape index (κ2) is 9.88. The summed E-state index contributed by atoms with van der Waals surface area (Å²) in [6.45, 7) is 6.86. The number of rotatable bonds is 10. The van der Waals surface area contributed by atoms with E-state index in [-0.39, 0.29) is 6.10 Å². The summed E-state index contributed by atoms with van der Waals surface area (Å²) < 4.78 is 10.8. The van der Waals surface area contributed by atoms with Gasteiger partial charge in [0.15, 0.2) is 0 Å². The lowest BCUT2D eigenvalue weighted by Gasteiger charge is -2.20. The summed E-state index contributed by atoms with van der Waals surface area (Å²) in [4.78, 5) is 2.09. The van der Waals surface area contributed by atoms with E-state index in [9.17, 15) is 5.11 Å². The Balaban J connectivity index is 2.10. The van der Waals surface area contributed by atoms with Gasteiger partial charge in [-0.15, -0.1) is 0 Å². The first-order valence-electron chi connectivity index (χ1n) is 7.18. The van der Waals surface area contributed by atoms with Crippen LogP contribution in [-0.4, -0.2) is 55.6 Å². The molecule has 0 saturated heterocycles. The average molecular weight is 281 g/mol. The van der Waals surface area contributed by atoms with Crippen LogP contribution in [0.25, 0.3) is 0 Å². The molecule has 1 aromatic rings. The van der Waals surface area contributed by atoms with Gasteiger partial charge in [0.1, 0.15) is 0 Å². The third kappa shape index (κ3) is 8.27. The van der Waals surface area contributed by atoms with Gasteiger partial charge in [-0.05, 0) is 26.5 Å². The quantitative estimate of drug-likeness (QED) is 0.665. The van der Waals surface area contributed by atoms with Gasteiger partial charge in [0, 0.05) is 13.1 Å². The molecule has 0 bridgehead atoms. The number of aliphatic hydroxyl groups is 1. The second-order valence-electron chi connectivity index (χ2n) is 5.33. The van der Waals surface area contributed by atoms with E-state index in [0.717, 1.165) is 6.54 Å². The maximum atomic E-state index is 9.90. The zero-order valence-corrected chi connectivity index (χ0v) is 12.8. The van der Waals surface area contributed by atoms with Crippen molar-refractivity contribution in [3.8, 4) is 0 Å². The molecule has 0 radical (unpaired) electrons. The van der Waals surface area contributed by atoms with Crippen molar-refractivity contribution >= 4 is 0 Å². The molecular weight excluding hydrogens is 254 g/mol. The minimum Gasteiger partial charge on any atom is -0.389 e. The lowest BCUT2D eigenvalue weighted by molar-refractivity contribution is -0.0174. The third-order valence-electron chi connectivity index (χ3n) is 2.81. The smallest absolute Gasteiger partial charge is 0.0900 e. The van der Waals surface area contributed by atoms with Gasteiger partial charge in [-0.3, -0.25) is 4.90 Å². The molecule has 20 heavy (non-hydrogen) atoms. The molecule has 4 nitrogen and oxygen atoms in total. The van der Waals surface area contributed by atoms with E-state index in [2.05, 4.69) is 17.0 Å². The van der Waals surface area contributed by atoms with Gasteiger partial charge >= 0.3 is 0 Å². The Morgan fingerprint density at radius 2 is 1.85 bits per heavy atom. The molecule has 0 saturated carbocycles. The van der Waals surface area contributed by atoms with E-state index in [1.54, 1.807) is 0 Å². The van der Waals surface area contributed by atoms with Crippen LogP contribution in [0.2, 0.25) is 0 Å². The van der Waals surface area contributed by atoms with Crippen molar-refractivity contribution < 1.29 is 14.6 Å². The van der Waals surface area contributed by atoms with Gasteiger partial charge < -0.3 is 14.6 Å². The Labute approximate surface area is 122 Å². The predicted molar refractivity (Wildman–Crippen MR) is 80.7 cm³/mol. The molecule has 0 heterocycles. The Morgan fingerprint density at radius 3 is 2.50 bits per heavy atom. The standard InChI is InChI=1S/C16H27NO3/c1-14(2)20-10-9-19-13-16(18)12-17(3)11-15-7-5-4-6-8-15/h4-8,14,16,18H,9-13H2,1-3H3/t16-/m1/s1. The summed E-state index contributed by atoms with van der Waals surface area (Å²) in [5, 5.41) is 9.90. The Bertz CT molecular complexity index is 343. The summed E-state index contributed by atoms with van der Waals surface area (Å²) >= 11 is 0. The molecule has 0 fully saturated rings. The van der Waals surface area contributed by atoms with E-state index >= 15 is 0 Å². The average Bonchev–Trinajstić information content (AvgIpc) is 2.38. The van der Waals surface area contributed by atoms with E-state index in [0.29, 0.717) is 26.4 Å². The van der Waals surface area contributed by atoms with Crippen molar-refractivity contribution in [3.63, 3.8) is 0 Å². The van der Waals surface area contributed by atoms with Crippen molar-refractivity contribution in [1.29, 1.82) is 0 Å². The van der Waals surface area contributed by atoms with E-state index < -0.39 is 6.10 Å². The topological polar surface area (TPSA) is 41.9 Å². The highest BCUT2D eigenvalue weighted by Crippen LogP contribution is 2.03. The molecule has 4 heteroatoms. The Morgan fingerprint density at radius 1 is 1.15 bits per heavy atom. The summed E-state index contributed by atoms with van der Waals surface area (Å²) in [5.74, 6) is 0. The zero-order chi connectivity index (χ0) is 14.8. The molecule has 0 amide bonds. The number of likely N-dealkylation sites (N-methyl/N-ethyl adjacent to an activating group) is 1. The highest BCUT2D eigenvalue weighted by atomic mass is 16.5. The van der Waals surface area contributed by atoms with Gasteiger partial charge in [-0.25, -0.2) is 0 Å². The highest BCUT2D eigenvalue weighted by Gasteiger charge is 2.08. The van der Waals surface area contributed by atoms with E-state index in [1.165, 1.54) is 5.56 Å². The molecule has 1 N–H and O–H groups in total. The van der Waals surface area contributed by atoms with Crippen molar-refractivity contribution in [2.24, 2.45) is 0 Å².